The molecule has 5 nitrogen and oxygen atoms in total. The number of amides is 1. The molecule has 1 aromatic rings. The summed E-state index contributed by atoms with van der Waals surface area (Å²) >= 11 is 1.01. The largest absolute Gasteiger partial charge is 0.373 e. The van der Waals surface area contributed by atoms with Gasteiger partial charge in [-0.25, -0.2) is 8.42 Å². The first-order chi connectivity index (χ1) is 9.28. The van der Waals surface area contributed by atoms with E-state index < -0.39 is 9.05 Å². The molecule has 1 aromatic heterocycles. The van der Waals surface area contributed by atoms with Crippen LogP contribution in [0.2, 0.25) is 0 Å². The van der Waals surface area contributed by atoms with Crippen molar-refractivity contribution in [3.63, 3.8) is 0 Å². The van der Waals surface area contributed by atoms with Crippen LogP contribution < -0.4 is 5.32 Å². The van der Waals surface area contributed by atoms with Crippen molar-refractivity contribution in [1.29, 1.82) is 0 Å². The summed E-state index contributed by atoms with van der Waals surface area (Å²) in [4.78, 5) is 12.5. The van der Waals surface area contributed by atoms with Gasteiger partial charge in [-0.3, -0.25) is 4.79 Å². The standard InChI is InChI=1S/C12H16ClNO4S2/c1-12(5-2-6-18-12)8-14-10(15)7-9-3-4-11(19-9)20(13,16)17/h3-4H,2,5-8H2,1H3,(H,14,15). The lowest BCUT2D eigenvalue weighted by Crippen LogP contribution is -2.40. The minimum absolute atomic E-state index is 0.0630. The summed E-state index contributed by atoms with van der Waals surface area (Å²) in [5, 5.41) is 2.82. The van der Waals surface area contributed by atoms with Crippen LogP contribution in [-0.2, 0) is 25.0 Å². The Hall–Kier alpha value is -0.630. The predicted molar refractivity (Wildman–Crippen MR) is 77.7 cm³/mol. The number of halogens is 1. The van der Waals surface area contributed by atoms with Gasteiger partial charge in [-0.1, -0.05) is 0 Å². The third-order valence-corrected chi connectivity index (χ3v) is 6.35. The van der Waals surface area contributed by atoms with Crippen molar-refractivity contribution in [3.8, 4) is 0 Å². The second-order valence-corrected chi connectivity index (χ2v) is 8.98. The van der Waals surface area contributed by atoms with Gasteiger partial charge in [0, 0.05) is 28.7 Å². The Morgan fingerprint density at radius 1 is 1.55 bits per heavy atom. The highest BCUT2D eigenvalue weighted by atomic mass is 35.7. The van der Waals surface area contributed by atoms with Crippen LogP contribution in [0.3, 0.4) is 0 Å². The first kappa shape index (κ1) is 15.8. The van der Waals surface area contributed by atoms with Gasteiger partial charge in [0.25, 0.3) is 9.05 Å². The van der Waals surface area contributed by atoms with Crippen molar-refractivity contribution in [2.75, 3.05) is 13.2 Å². The average molecular weight is 338 g/mol. The number of nitrogens with one attached hydrogen (secondary N) is 1. The second kappa shape index (κ2) is 6.01. The van der Waals surface area contributed by atoms with E-state index in [9.17, 15) is 13.2 Å². The first-order valence-corrected chi connectivity index (χ1v) is 9.35. The molecule has 0 spiro atoms. The maximum absolute atomic E-state index is 11.8. The molecule has 1 aliphatic heterocycles. The van der Waals surface area contributed by atoms with Crippen molar-refractivity contribution in [2.24, 2.45) is 0 Å². The molecule has 8 heteroatoms. The fourth-order valence-corrected chi connectivity index (χ4v) is 4.19. The summed E-state index contributed by atoms with van der Waals surface area (Å²) in [5.41, 5.74) is -0.282. The summed E-state index contributed by atoms with van der Waals surface area (Å²) < 4.78 is 27.9. The van der Waals surface area contributed by atoms with Crippen LogP contribution in [0.5, 0.6) is 0 Å². The van der Waals surface area contributed by atoms with Crippen molar-refractivity contribution >= 4 is 37.0 Å². The van der Waals surface area contributed by atoms with Gasteiger partial charge in [0.2, 0.25) is 5.91 Å². The van der Waals surface area contributed by atoms with Gasteiger partial charge in [0.05, 0.1) is 12.0 Å². The molecule has 1 amide bonds. The van der Waals surface area contributed by atoms with E-state index in [0.29, 0.717) is 11.4 Å². The summed E-state index contributed by atoms with van der Waals surface area (Å²) in [5.74, 6) is -0.151. The van der Waals surface area contributed by atoms with Gasteiger partial charge in [0.15, 0.2) is 0 Å². The van der Waals surface area contributed by atoms with Crippen LogP contribution in [0.1, 0.15) is 24.6 Å². The Kier molecular flexibility index (Phi) is 4.73. The molecule has 0 aromatic carbocycles. The maximum Gasteiger partial charge on any atom is 0.270 e. The number of hydrogen-bond acceptors (Lipinski definition) is 5. The lowest BCUT2D eigenvalue weighted by atomic mass is 10.0. The summed E-state index contributed by atoms with van der Waals surface area (Å²) in [6.45, 7) is 3.18. The number of carbonyl (C=O) groups excluding carboxylic acids is 1. The summed E-state index contributed by atoms with van der Waals surface area (Å²) in [7, 11) is 1.53. The number of ether oxygens (including phenoxy) is 1. The fourth-order valence-electron chi connectivity index (χ4n) is 2.07. The number of rotatable bonds is 5. The van der Waals surface area contributed by atoms with Gasteiger partial charge in [0.1, 0.15) is 4.21 Å². The molecule has 1 N–H and O–H groups in total. The molecule has 1 atom stereocenters. The molecule has 20 heavy (non-hydrogen) atoms. The molecule has 2 heterocycles. The van der Waals surface area contributed by atoms with E-state index in [2.05, 4.69) is 5.32 Å². The van der Waals surface area contributed by atoms with E-state index in [1.165, 1.54) is 6.07 Å². The Bertz CT molecular complexity index is 590. The van der Waals surface area contributed by atoms with Gasteiger partial charge in [-0.2, -0.15) is 0 Å². The molecule has 112 valence electrons. The Labute approximate surface area is 126 Å². The summed E-state index contributed by atoms with van der Waals surface area (Å²) in [6, 6.07) is 3.02. The third kappa shape index (κ3) is 4.18. The van der Waals surface area contributed by atoms with Crippen LogP contribution >= 0.6 is 22.0 Å². The quantitative estimate of drug-likeness (QED) is 0.833. The van der Waals surface area contributed by atoms with Gasteiger partial charge in [-0.05, 0) is 31.9 Å². The van der Waals surface area contributed by atoms with Crippen molar-refractivity contribution < 1.29 is 17.9 Å². The van der Waals surface area contributed by atoms with E-state index in [0.717, 1.165) is 30.8 Å². The smallest absolute Gasteiger partial charge is 0.270 e. The second-order valence-electron chi connectivity index (χ2n) is 5.01. The Balaban J connectivity index is 1.87. The highest BCUT2D eigenvalue weighted by molar-refractivity contribution is 8.15. The van der Waals surface area contributed by atoms with Gasteiger partial charge >= 0.3 is 0 Å². The van der Waals surface area contributed by atoms with E-state index >= 15 is 0 Å². The minimum atomic E-state index is -3.71. The molecule has 1 fully saturated rings. The van der Waals surface area contributed by atoms with Crippen LogP contribution in [0.15, 0.2) is 16.3 Å². The molecule has 1 aliphatic rings. The molecule has 0 aliphatic carbocycles. The van der Waals surface area contributed by atoms with Crippen LogP contribution in [0.25, 0.3) is 0 Å². The zero-order chi connectivity index (χ0) is 14.8. The fraction of sp³-hybridized carbons (Fsp3) is 0.583. The third-order valence-electron chi connectivity index (χ3n) is 3.17. The van der Waals surface area contributed by atoms with Crippen LogP contribution in [0.4, 0.5) is 0 Å². The number of thiophene rings is 1. The molecule has 1 unspecified atom stereocenters. The lowest BCUT2D eigenvalue weighted by molar-refractivity contribution is -0.121. The van der Waals surface area contributed by atoms with Crippen molar-refractivity contribution in [3.05, 3.63) is 17.0 Å². The normalized spacial score (nSPS) is 22.9. The Morgan fingerprint density at radius 2 is 2.30 bits per heavy atom. The molecular weight excluding hydrogens is 322 g/mol. The van der Waals surface area contributed by atoms with Gasteiger partial charge in [-0.15, -0.1) is 11.3 Å². The van der Waals surface area contributed by atoms with Crippen molar-refractivity contribution in [2.45, 2.75) is 36.0 Å². The molecule has 0 bridgehead atoms. The van der Waals surface area contributed by atoms with Crippen LogP contribution in [0, 0.1) is 0 Å². The molecule has 2 rings (SSSR count). The van der Waals surface area contributed by atoms with E-state index in [1.54, 1.807) is 6.07 Å². The predicted octanol–water partition coefficient (Wildman–Crippen LogP) is 1.90. The molecular formula is C12H16ClNO4S2. The Morgan fingerprint density at radius 3 is 2.85 bits per heavy atom. The lowest BCUT2D eigenvalue weighted by Gasteiger charge is -2.23. The zero-order valence-corrected chi connectivity index (χ0v) is 13.4. The van der Waals surface area contributed by atoms with Crippen LogP contribution in [-0.4, -0.2) is 33.1 Å². The average Bonchev–Trinajstić information content (AvgIpc) is 2.96. The molecule has 0 radical (unpaired) electrons. The molecule has 0 saturated carbocycles. The summed E-state index contributed by atoms with van der Waals surface area (Å²) in [6.07, 6.45) is 2.09. The minimum Gasteiger partial charge on any atom is -0.373 e. The monoisotopic (exact) mass is 337 g/mol. The van der Waals surface area contributed by atoms with Gasteiger partial charge < -0.3 is 10.1 Å². The number of hydrogen-bond donors (Lipinski definition) is 1. The zero-order valence-electron chi connectivity index (χ0n) is 11.0. The SMILES string of the molecule is CC1(CNC(=O)Cc2ccc(S(=O)(=O)Cl)s2)CCCO1. The van der Waals surface area contributed by atoms with E-state index in [4.69, 9.17) is 15.4 Å². The van der Waals surface area contributed by atoms with E-state index in [1.807, 2.05) is 6.92 Å². The highest BCUT2D eigenvalue weighted by Crippen LogP contribution is 2.26. The number of carbonyl (C=O) groups is 1. The van der Waals surface area contributed by atoms with E-state index in [-0.39, 0.29) is 22.1 Å². The topological polar surface area (TPSA) is 72.5 Å². The maximum atomic E-state index is 11.8. The first-order valence-electron chi connectivity index (χ1n) is 6.23. The highest BCUT2D eigenvalue weighted by Gasteiger charge is 2.30. The van der Waals surface area contributed by atoms with Crippen molar-refractivity contribution in [1.82, 2.24) is 5.32 Å². The molecule has 1 saturated heterocycles.